The van der Waals surface area contributed by atoms with E-state index in [0.29, 0.717) is 18.1 Å². The molecule has 24 heavy (non-hydrogen) atoms. The highest BCUT2D eigenvalue weighted by Crippen LogP contribution is 2.34. The van der Waals surface area contributed by atoms with Crippen LogP contribution in [-0.4, -0.2) is 34.9 Å². The molecular weight excluding hydrogens is 322 g/mol. The van der Waals surface area contributed by atoms with Crippen LogP contribution in [0.25, 0.3) is 0 Å². The van der Waals surface area contributed by atoms with Gasteiger partial charge < -0.3 is 9.80 Å². The van der Waals surface area contributed by atoms with Gasteiger partial charge in [-0.15, -0.1) is 0 Å². The Hall–Kier alpha value is -2.07. The van der Waals surface area contributed by atoms with Crippen molar-refractivity contribution in [1.82, 2.24) is 9.88 Å². The molecule has 0 radical (unpaired) electrons. The summed E-state index contributed by atoms with van der Waals surface area (Å²) in [7, 11) is 0. The number of hydrogen-bond donors (Lipinski definition) is 0. The van der Waals surface area contributed by atoms with Gasteiger partial charge in [-0.05, 0) is 30.5 Å². The van der Waals surface area contributed by atoms with E-state index >= 15 is 0 Å². The van der Waals surface area contributed by atoms with Gasteiger partial charge in [0.15, 0.2) is 0 Å². The Balaban J connectivity index is 1.60. The van der Waals surface area contributed by atoms with E-state index in [9.17, 15) is 4.79 Å². The van der Waals surface area contributed by atoms with Crippen LogP contribution >= 0.6 is 11.6 Å². The molecule has 0 saturated carbocycles. The lowest BCUT2D eigenvalue weighted by Gasteiger charge is -2.36. The lowest BCUT2D eigenvalue weighted by atomic mass is 9.93. The van der Waals surface area contributed by atoms with Crippen molar-refractivity contribution in [2.45, 2.75) is 25.4 Å². The monoisotopic (exact) mass is 341 g/mol. The summed E-state index contributed by atoms with van der Waals surface area (Å²) in [5, 5.41) is 0.654. The number of rotatable bonds is 3. The first-order valence-electron chi connectivity index (χ1n) is 8.42. The van der Waals surface area contributed by atoms with Crippen molar-refractivity contribution in [2.24, 2.45) is 5.92 Å². The van der Waals surface area contributed by atoms with Gasteiger partial charge in [-0.2, -0.15) is 0 Å². The predicted octanol–water partition coefficient (Wildman–Crippen LogP) is 3.36. The highest BCUT2D eigenvalue weighted by atomic mass is 35.5. The van der Waals surface area contributed by atoms with Crippen LogP contribution < -0.4 is 4.90 Å². The fraction of sp³-hybridized carbons (Fsp3) is 0.368. The molecular formula is C19H20ClN3O. The normalized spacial score (nSPS) is 23.5. The van der Waals surface area contributed by atoms with Crippen molar-refractivity contribution in [1.29, 1.82) is 0 Å². The maximum absolute atomic E-state index is 12.9. The number of fused-ring (bicyclic) bond motifs is 4. The van der Waals surface area contributed by atoms with E-state index in [0.717, 1.165) is 25.2 Å². The molecule has 2 bridgehead atoms. The molecule has 5 rings (SSSR count). The Morgan fingerprint density at radius 2 is 1.92 bits per heavy atom. The molecule has 1 aromatic heterocycles. The van der Waals surface area contributed by atoms with Crippen LogP contribution in [0.5, 0.6) is 0 Å². The number of anilines is 1. The number of halogens is 1. The molecule has 0 N–H and O–H groups in total. The summed E-state index contributed by atoms with van der Waals surface area (Å²) in [5.41, 5.74) is 1.18. The molecule has 3 aliphatic heterocycles. The quantitative estimate of drug-likeness (QED) is 0.859. The van der Waals surface area contributed by atoms with E-state index < -0.39 is 0 Å². The summed E-state index contributed by atoms with van der Waals surface area (Å²) in [5.74, 6) is 1.10. The van der Waals surface area contributed by atoms with Gasteiger partial charge in [0, 0.05) is 31.9 Å². The largest absolute Gasteiger partial charge is 0.353 e. The molecule has 0 unspecified atom stereocenters. The van der Waals surface area contributed by atoms with Crippen molar-refractivity contribution in [3.63, 3.8) is 0 Å². The average molecular weight is 342 g/mol. The number of hydrogen-bond acceptors (Lipinski definition) is 3. The second-order valence-electron chi connectivity index (χ2n) is 6.59. The number of aromatic nitrogens is 1. The number of carbonyl (C=O) groups excluding carboxylic acids is 1. The number of nitrogens with zero attached hydrogens (tertiary/aromatic N) is 3. The van der Waals surface area contributed by atoms with Gasteiger partial charge in [0.1, 0.15) is 5.82 Å². The first-order valence-corrected chi connectivity index (χ1v) is 8.80. The smallest absolute Gasteiger partial charge is 0.228 e. The van der Waals surface area contributed by atoms with Crippen LogP contribution in [0.3, 0.4) is 0 Å². The van der Waals surface area contributed by atoms with Gasteiger partial charge in [-0.3, -0.25) is 4.79 Å². The third kappa shape index (κ3) is 2.86. The van der Waals surface area contributed by atoms with Crippen LogP contribution in [-0.2, 0) is 11.3 Å². The highest BCUT2D eigenvalue weighted by molar-refractivity contribution is 6.32. The van der Waals surface area contributed by atoms with Crippen LogP contribution in [0.1, 0.15) is 18.4 Å². The molecule has 3 fully saturated rings. The second-order valence-corrected chi connectivity index (χ2v) is 7.00. The zero-order valence-electron chi connectivity index (χ0n) is 13.4. The number of benzene rings is 1. The molecule has 1 amide bonds. The van der Waals surface area contributed by atoms with Crippen molar-refractivity contribution in [2.75, 3.05) is 18.0 Å². The van der Waals surface area contributed by atoms with Gasteiger partial charge in [-0.1, -0.05) is 41.9 Å². The van der Waals surface area contributed by atoms with Crippen LogP contribution in [0, 0.1) is 5.92 Å². The molecule has 0 spiro atoms. The Labute approximate surface area is 147 Å². The van der Waals surface area contributed by atoms with Crippen molar-refractivity contribution in [3.05, 3.63) is 59.2 Å². The molecule has 4 heterocycles. The molecule has 0 aliphatic carbocycles. The number of carbonyl (C=O) groups is 1. The average Bonchev–Trinajstić information content (AvgIpc) is 2.89. The number of amides is 1. The first kappa shape index (κ1) is 15.5. The van der Waals surface area contributed by atoms with Gasteiger partial charge in [0.05, 0.1) is 10.9 Å². The summed E-state index contributed by atoms with van der Waals surface area (Å²) in [4.78, 5) is 21.6. The maximum Gasteiger partial charge on any atom is 0.228 e. The molecule has 3 aliphatic rings. The molecule has 2 aromatic rings. The molecule has 5 heteroatoms. The van der Waals surface area contributed by atoms with E-state index in [4.69, 9.17) is 11.6 Å². The van der Waals surface area contributed by atoms with Gasteiger partial charge >= 0.3 is 0 Å². The summed E-state index contributed by atoms with van der Waals surface area (Å²) < 4.78 is 0. The summed E-state index contributed by atoms with van der Waals surface area (Å²) in [6.45, 7) is 2.19. The third-order valence-corrected chi connectivity index (χ3v) is 5.32. The second kappa shape index (κ2) is 6.44. The fourth-order valence-corrected chi connectivity index (χ4v) is 4.05. The van der Waals surface area contributed by atoms with E-state index in [1.54, 1.807) is 6.20 Å². The number of piperidine rings is 1. The Kier molecular flexibility index (Phi) is 4.15. The van der Waals surface area contributed by atoms with Crippen molar-refractivity contribution < 1.29 is 4.79 Å². The van der Waals surface area contributed by atoms with E-state index in [-0.39, 0.29) is 17.9 Å². The Bertz CT molecular complexity index is 736. The van der Waals surface area contributed by atoms with Crippen LogP contribution in [0.2, 0.25) is 5.02 Å². The Morgan fingerprint density at radius 3 is 2.71 bits per heavy atom. The Morgan fingerprint density at radius 1 is 1.08 bits per heavy atom. The van der Waals surface area contributed by atoms with Crippen LogP contribution in [0.4, 0.5) is 5.82 Å². The van der Waals surface area contributed by atoms with Gasteiger partial charge in [0.2, 0.25) is 5.91 Å². The molecule has 1 aromatic carbocycles. The third-order valence-electron chi connectivity index (χ3n) is 5.03. The van der Waals surface area contributed by atoms with E-state index in [2.05, 4.69) is 26.9 Å². The van der Waals surface area contributed by atoms with Crippen molar-refractivity contribution in [3.8, 4) is 0 Å². The lowest BCUT2D eigenvalue weighted by molar-refractivity contribution is -0.140. The first-order chi connectivity index (χ1) is 11.7. The topological polar surface area (TPSA) is 36.4 Å². The molecule has 2 atom stereocenters. The summed E-state index contributed by atoms with van der Waals surface area (Å²) >= 11 is 6.33. The van der Waals surface area contributed by atoms with E-state index in [1.165, 1.54) is 5.56 Å². The molecule has 4 nitrogen and oxygen atoms in total. The maximum atomic E-state index is 12.9. The zero-order chi connectivity index (χ0) is 16.5. The standard InChI is InChI=1S/C19H20ClN3O/c20-17-7-4-10-21-18(17)22-12-15-8-9-16(13-22)23(19(15)24)11-14-5-2-1-3-6-14/h1-7,10,15-16H,8-9,11-13H2/t15-,16+/m0/s1. The fourth-order valence-electron chi connectivity index (χ4n) is 3.81. The zero-order valence-corrected chi connectivity index (χ0v) is 14.2. The van der Waals surface area contributed by atoms with Crippen molar-refractivity contribution >= 4 is 23.3 Å². The summed E-state index contributed by atoms with van der Waals surface area (Å²) in [6.07, 6.45) is 3.76. The number of pyridine rings is 1. The molecule has 124 valence electrons. The van der Waals surface area contributed by atoms with Crippen LogP contribution in [0.15, 0.2) is 48.7 Å². The van der Waals surface area contributed by atoms with Gasteiger partial charge in [0.25, 0.3) is 0 Å². The molecule has 3 saturated heterocycles. The SMILES string of the molecule is O=C1[C@H]2CC[C@H](CN(c3ncccc3Cl)C2)N1Cc1ccccc1. The minimum atomic E-state index is 0.0329. The summed E-state index contributed by atoms with van der Waals surface area (Å²) in [6, 6.07) is 14.1. The van der Waals surface area contributed by atoms with Gasteiger partial charge in [-0.25, -0.2) is 4.98 Å². The van der Waals surface area contributed by atoms with E-state index in [1.807, 2.05) is 30.3 Å². The minimum absolute atomic E-state index is 0.0329. The predicted molar refractivity (Wildman–Crippen MR) is 95.0 cm³/mol. The minimum Gasteiger partial charge on any atom is -0.353 e. The lowest BCUT2D eigenvalue weighted by Crippen LogP contribution is -2.47. The highest BCUT2D eigenvalue weighted by Gasteiger charge is 2.41.